The van der Waals surface area contributed by atoms with Crippen molar-refractivity contribution in [3.05, 3.63) is 53.3 Å². The Bertz CT molecular complexity index is 1170. The zero-order valence-corrected chi connectivity index (χ0v) is 20.7. The molecule has 2 heterocycles. The number of methoxy groups -OCH3 is 1. The average Bonchev–Trinajstić information content (AvgIpc) is 3.29. The Hall–Kier alpha value is -3.43. The van der Waals surface area contributed by atoms with Crippen molar-refractivity contribution >= 4 is 5.91 Å². The van der Waals surface area contributed by atoms with Gasteiger partial charge in [-0.2, -0.15) is 0 Å². The van der Waals surface area contributed by atoms with Crippen molar-refractivity contribution in [2.75, 3.05) is 46.5 Å². The molecule has 0 unspecified atom stereocenters. The summed E-state index contributed by atoms with van der Waals surface area (Å²) in [5.41, 5.74) is 3.31. The van der Waals surface area contributed by atoms with Crippen molar-refractivity contribution in [3.63, 3.8) is 0 Å². The zero-order chi connectivity index (χ0) is 24.9. The number of morpholine rings is 1. The predicted molar refractivity (Wildman–Crippen MR) is 133 cm³/mol. The van der Waals surface area contributed by atoms with Crippen LogP contribution in [0.5, 0.6) is 11.5 Å². The number of nitrogens with one attached hydrogen (secondary N) is 1. The minimum absolute atomic E-state index is 0.0911. The summed E-state index contributed by atoms with van der Waals surface area (Å²) in [4.78, 5) is 15.4. The van der Waals surface area contributed by atoms with Gasteiger partial charge in [0.05, 0.1) is 25.9 Å². The van der Waals surface area contributed by atoms with Gasteiger partial charge in [-0.25, -0.2) is 0 Å². The zero-order valence-electron chi connectivity index (χ0n) is 20.7. The number of phenols is 1. The Morgan fingerprint density at radius 2 is 1.89 bits per heavy atom. The van der Waals surface area contributed by atoms with Crippen LogP contribution < -0.4 is 10.1 Å². The maximum Gasteiger partial charge on any atom is 0.289 e. The number of ether oxygens (including phenoxy) is 2. The number of carbonyl (C=O) groups excluding carboxylic acids is 1. The van der Waals surface area contributed by atoms with Gasteiger partial charge in [0.25, 0.3) is 5.91 Å². The average molecular weight is 480 g/mol. The van der Waals surface area contributed by atoms with E-state index < -0.39 is 0 Å². The van der Waals surface area contributed by atoms with Crippen molar-refractivity contribution < 1.29 is 19.4 Å². The highest BCUT2D eigenvalue weighted by Crippen LogP contribution is 2.35. The quantitative estimate of drug-likeness (QED) is 0.512. The van der Waals surface area contributed by atoms with Gasteiger partial charge in [0.1, 0.15) is 11.5 Å². The highest BCUT2D eigenvalue weighted by molar-refractivity contribution is 5.92. The largest absolute Gasteiger partial charge is 0.507 e. The number of hydrogen-bond donors (Lipinski definition) is 2. The molecule has 1 aliphatic rings. The molecule has 3 aromatic rings. The second-order valence-corrected chi connectivity index (χ2v) is 8.97. The molecular formula is C26H33N5O4. The van der Waals surface area contributed by atoms with E-state index >= 15 is 0 Å². The molecule has 0 radical (unpaired) electrons. The Kier molecular flexibility index (Phi) is 7.67. The molecule has 9 heteroatoms. The standard InChI is InChI=1S/C26H33N5O4/c1-17(2)21-16-22(23(32)15-18(21)3)24-28-29-25(31(24)19-5-7-20(34-4)8-6-19)26(33)27-9-10-30-11-13-35-14-12-30/h5-8,15-17,32H,9-14H2,1-4H3,(H,27,33). The summed E-state index contributed by atoms with van der Waals surface area (Å²) >= 11 is 0. The SMILES string of the molecule is COc1ccc(-n2c(C(=O)NCCN3CCOCC3)nnc2-c2cc(C(C)C)c(C)cc2O)cc1. The van der Waals surface area contributed by atoms with Crippen LogP contribution >= 0.6 is 0 Å². The van der Waals surface area contributed by atoms with Crippen LogP contribution in [0.1, 0.15) is 41.5 Å². The maximum atomic E-state index is 13.2. The van der Waals surface area contributed by atoms with Crippen molar-refractivity contribution in [1.29, 1.82) is 0 Å². The van der Waals surface area contributed by atoms with E-state index in [0.717, 1.165) is 30.8 Å². The summed E-state index contributed by atoms with van der Waals surface area (Å²) in [5.74, 6) is 1.26. The first-order valence-electron chi connectivity index (χ1n) is 11.9. The number of rotatable bonds is 8. The van der Waals surface area contributed by atoms with E-state index in [-0.39, 0.29) is 23.4 Å². The van der Waals surface area contributed by atoms with E-state index in [1.807, 2.05) is 37.3 Å². The molecular weight excluding hydrogens is 446 g/mol. The number of aromatic nitrogens is 3. The monoisotopic (exact) mass is 479 g/mol. The summed E-state index contributed by atoms with van der Waals surface area (Å²) < 4.78 is 12.4. The Morgan fingerprint density at radius 3 is 2.54 bits per heavy atom. The van der Waals surface area contributed by atoms with E-state index in [2.05, 4.69) is 34.3 Å². The normalized spacial score (nSPS) is 14.3. The minimum atomic E-state index is -0.330. The number of carbonyl (C=O) groups is 1. The lowest BCUT2D eigenvalue weighted by atomic mass is 9.95. The van der Waals surface area contributed by atoms with Crippen molar-refractivity contribution in [1.82, 2.24) is 25.0 Å². The van der Waals surface area contributed by atoms with Gasteiger partial charge in [0.2, 0.25) is 5.82 Å². The number of phenolic OH excluding ortho intramolecular Hbond substituents is 1. The number of hydrogen-bond acceptors (Lipinski definition) is 7. The maximum absolute atomic E-state index is 13.2. The molecule has 1 fully saturated rings. The molecule has 0 spiro atoms. The number of aromatic hydroxyl groups is 1. The molecule has 9 nitrogen and oxygen atoms in total. The molecule has 2 N–H and O–H groups in total. The summed E-state index contributed by atoms with van der Waals surface area (Å²) in [6.07, 6.45) is 0. The molecule has 186 valence electrons. The van der Waals surface area contributed by atoms with Crippen LogP contribution in [-0.4, -0.2) is 77.2 Å². The van der Waals surface area contributed by atoms with Crippen LogP contribution in [0.25, 0.3) is 17.1 Å². The third-order valence-corrected chi connectivity index (χ3v) is 6.26. The smallest absolute Gasteiger partial charge is 0.289 e. The van der Waals surface area contributed by atoms with Crippen LogP contribution in [0.3, 0.4) is 0 Å². The molecule has 35 heavy (non-hydrogen) atoms. The first kappa shape index (κ1) is 24.7. The van der Waals surface area contributed by atoms with Crippen molar-refractivity contribution in [2.24, 2.45) is 0 Å². The van der Waals surface area contributed by atoms with Gasteiger partial charge in [-0.1, -0.05) is 13.8 Å². The van der Waals surface area contributed by atoms with Crippen molar-refractivity contribution in [3.8, 4) is 28.6 Å². The van der Waals surface area contributed by atoms with E-state index in [0.29, 0.717) is 42.6 Å². The van der Waals surface area contributed by atoms with Crippen LogP contribution in [0.15, 0.2) is 36.4 Å². The van der Waals surface area contributed by atoms with Crippen molar-refractivity contribution in [2.45, 2.75) is 26.7 Å². The molecule has 0 bridgehead atoms. The first-order valence-corrected chi connectivity index (χ1v) is 11.9. The van der Waals surface area contributed by atoms with Gasteiger partial charge >= 0.3 is 0 Å². The minimum Gasteiger partial charge on any atom is -0.507 e. The number of aryl methyl sites for hydroxylation is 1. The van der Waals surface area contributed by atoms with Gasteiger partial charge in [-0.3, -0.25) is 14.3 Å². The van der Waals surface area contributed by atoms with Crippen LogP contribution in [0, 0.1) is 6.92 Å². The summed E-state index contributed by atoms with van der Waals surface area (Å²) in [6.45, 7) is 10.5. The topological polar surface area (TPSA) is 102 Å². The molecule has 2 aromatic carbocycles. The molecule has 4 rings (SSSR count). The highest BCUT2D eigenvalue weighted by atomic mass is 16.5. The van der Waals surface area contributed by atoms with E-state index in [1.165, 1.54) is 0 Å². The molecule has 0 aliphatic carbocycles. The van der Waals surface area contributed by atoms with Gasteiger partial charge in [0.15, 0.2) is 5.82 Å². The summed E-state index contributed by atoms with van der Waals surface area (Å²) in [7, 11) is 1.60. The summed E-state index contributed by atoms with van der Waals surface area (Å²) in [5, 5.41) is 22.4. The molecule has 1 aromatic heterocycles. The molecule has 1 amide bonds. The number of benzene rings is 2. The first-order chi connectivity index (χ1) is 16.9. The molecule has 1 saturated heterocycles. The van der Waals surface area contributed by atoms with E-state index in [1.54, 1.807) is 17.7 Å². The van der Waals surface area contributed by atoms with Crippen LogP contribution in [0.2, 0.25) is 0 Å². The van der Waals surface area contributed by atoms with Gasteiger partial charge < -0.3 is 19.9 Å². The second-order valence-electron chi connectivity index (χ2n) is 8.97. The Labute approximate surface area is 205 Å². The summed E-state index contributed by atoms with van der Waals surface area (Å²) in [6, 6.07) is 11.0. The van der Waals surface area contributed by atoms with Crippen LogP contribution in [-0.2, 0) is 4.74 Å². The number of nitrogens with zero attached hydrogens (tertiary/aromatic N) is 4. The van der Waals surface area contributed by atoms with Gasteiger partial charge in [0, 0.05) is 31.9 Å². The van der Waals surface area contributed by atoms with Gasteiger partial charge in [-0.15, -0.1) is 10.2 Å². The fraction of sp³-hybridized carbons (Fsp3) is 0.423. The lowest BCUT2D eigenvalue weighted by Gasteiger charge is -2.26. The fourth-order valence-corrected chi connectivity index (χ4v) is 4.32. The third kappa shape index (κ3) is 5.47. The highest BCUT2D eigenvalue weighted by Gasteiger charge is 2.24. The molecule has 0 saturated carbocycles. The second kappa shape index (κ2) is 10.9. The number of amides is 1. The van der Waals surface area contributed by atoms with Crippen LogP contribution in [0.4, 0.5) is 0 Å². The lowest BCUT2D eigenvalue weighted by Crippen LogP contribution is -2.41. The fourth-order valence-electron chi connectivity index (χ4n) is 4.32. The van der Waals surface area contributed by atoms with E-state index in [4.69, 9.17) is 9.47 Å². The van der Waals surface area contributed by atoms with Gasteiger partial charge in [-0.05, 0) is 60.4 Å². The van der Waals surface area contributed by atoms with E-state index in [9.17, 15) is 9.90 Å². The third-order valence-electron chi connectivity index (χ3n) is 6.26. The molecule has 1 aliphatic heterocycles. The lowest BCUT2D eigenvalue weighted by molar-refractivity contribution is 0.0383. The molecule has 0 atom stereocenters. The Morgan fingerprint density at radius 1 is 1.17 bits per heavy atom. The Balaban J connectivity index is 1.70. The predicted octanol–water partition coefficient (Wildman–Crippen LogP) is 3.14.